The summed E-state index contributed by atoms with van der Waals surface area (Å²) in [4.78, 5) is 15.0. The number of nitrogens with one attached hydrogen (secondary N) is 1. The third kappa shape index (κ3) is 7.38. The molecule has 2 aromatic rings. The number of halogens is 1. The van der Waals surface area contributed by atoms with E-state index in [1.54, 1.807) is 24.3 Å². The van der Waals surface area contributed by atoms with E-state index >= 15 is 0 Å². The van der Waals surface area contributed by atoms with Gasteiger partial charge in [-0.2, -0.15) is 5.26 Å². The Morgan fingerprint density at radius 1 is 0.949 bits per heavy atom. The van der Waals surface area contributed by atoms with Gasteiger partial charge in [0.2, 0.25) is 0 Å². The minimum absolute atomic E-state index is 0.0475. The predicted octanol–water partition coefficient (Wildman–Crippen LogP) is 4.41. The molecule has 2 heterocycles. The van der Waals surface area contributed by atoms with Gasteiger partial charge in [0.25, 0.3) is 5.91 Å². The monoisotopic (exact) mass is 553 g/mol. The number of aliphatic hydroxyl groups is 1. The maximum Gasteiger partial charge on any atom is 0.272 e. The predicted molar refractivity (Wildman–Crippen MR) is 147 cm³/mol. The lowest BCUT2D eigenvalue weighted by Crippen LogP contribution is -2.40. The number of amides is 1. The van der Waals surface area contributed by atoms with Crippen molar-refractivity contribution in [2.75, 3.05) is 18.0 Å². The van der Waals surface area contributed by atoms with E-state index in [1.165, 1.54) is 0 Å². The zero-order valence-electron chi connectivity index (χ0n) is 22.1. The minimum atomic E-state index is -0.206. The van der Waals surface area contributed by atoms with E-state index in [0.717, 1.165) is 83.1 Å². The van der Waals surface area contributed by atoms with Crippen molar-refractivity contribution in [3.05, 3.63) is 46.6 Å². The van der Waals surface area contributed by atoms with Gasteiger partial charge in [0.1, 0.15) is 11.8 Å². The van der Waals surface area contributed by atoms with E-state index in [9.17, 15) is 9.90 Å². The number of hydrogen-bond donors (Lipinski definition) is 2. The Morgan fingerprint density at radius 2 is 1.64 bits per heavy atom. The molecule has 2 aliphatic carbocycles. The average molecular weight is 554 g/mol. The van der Waals surface area contributed by atoms with Gasteiger partial charge >= 0.3 is 0 Å². The first-order chi connectivity index (χ1) is 19.0. The molecule has 208 valence electrons. The fraction of sp³-hybridized carbons (Fsp3) is 0.586. The molecule has 0 spiro atoms. The van der Waals surface area contributed by atoms with Crippen LogP contribution in [0.3, 0.4) is 0 Å². The largest absolute Gasteiger partial charge is 0.490 e. The Kier molecular flexibility index (Phi) is 9.17. The standard InChI is InChI=1S/C29H36ClN5O4/c30-26-17-25(6-1-19(26)18-31)39-22-7-2-20(3-8-22)32-29(37)27-11-12-28(34-33-27)35-15-13-24(14-16-35)38-23-9-4-21(36)5-10-23/h1,6,11-12,17,20-24,36H,2-5,7-10,13-16H2,(H,32,37). The van der Waals surface area contributed by atoms with Gasteiger partial charge in [-0.25, -0.2) is 0 Å². The van der Waals surface area contributed by atoms with Gasteiger partial charge < -0.3 is 24.8 Å². The van der Waals surface area contributed by atoms with Crippen LogP contribution in [0, 0.1) is 11.3 Å². The van der Waals surface area contributed by atoms with E-state index in [1.807, 2.05) is 12.1 Å². The van der Waals surface area contributed by atoms with Gasteiger partial charge in [-0.05, 0) is 88.5 Å². The first kappa shape index (κ1) is 27.6. The van der Waals surface area contributed by atoms with Crippen molar-refractivity contribution in [1.82, 2.24) is 15.5 Å². The second-order valence-electron chi connectivity index (χ2n) is 10.8. The summed E-state index contributed by atoms with van der Waals surface area (Å²) in [6.45, 7) is 1.69. The molecule has 0 radical (unpaired) electrons. The van der Waals surface area contributed by atoms with Crippen LogP contribution in [0.4, 0.5) is 5.82 Å². The summed E-state index contributed by atoms with van der Waals surface area (Å²) >= 11 is 6.11. The van der Waals surface area contributed by atoms with Crippen LogP contribution in [-0.2, 0) is 4.74 Å². The molecule has 1 aliphatic heterocycles. The van der Waals surface area contributed by atoms with Gasteiger partial charge in [0.15, 0.2) is 11.5 Å². The van der Waals surface area contributed by atoms with E-state index in [4.69, 9.17) is 26.3 Å². The van der Waals surface area contributed by atoms with Crippen molar-refractivity contribution in [3.8, 4) is 11.8 Å². The van der Waals surface area contributed by atoms with Crippen LogP contribution in [0.15, 0.2) is 30.3 Å². The fourth-order valence-electron chi connectivity index (χ4n) is 5.73. The first-order valence-electron chi connectivity index (χ1n) is 14.1. The summed E-state index contributed by atoms with van der Waals surface area (Å²) in [5, 5.41) is 30.7. The number of aliphatic hydroxyl groups excluding tert-OH is 1. The highest BCUT2D eigenvalue weighted by molar-refractivity contribution is 6.31. The Labute approximate surface area is 234 Å². The normalized spacial score (nSPS) is 26.0. The summed E-state index contributed by atoms with van der Waals surface area (Å²) < 4.78 is 12.3. The van der Waals surface area contributed by atoms with E-state index in [-0.39, 0.29) is 36.4 Å². The molecule has 3 fully saturated rings. The van der Waals surface area contributed by atoms with Crippen LogP contribution in [-0.4, -0.2) is 64.8 Å². The van der Waals surface area contributed by atoms with Gasteiger partial charge in [0, 0.05) is 25.2 Å². The van der Waals surface area contributed by atoms with Gasteiger partial charge in [-0.3, -0.25) is 4.79 Å². The van der Waals surface area contributed by atoms with Gasteiger partial charge in [0.05, 0.1) is 35.0 Å². The number of carbonyl (C=O) groups is 1. The maximum atomic E-state index is 12.8. The first-order valence-corrected chi connectivity index (χ1v) is 14.4. The summed E-state index contributed by atoms with van der Waals surface area (Å²) in [7, 11) is 0. The van der Waals surface area contributed by atoms with Crippen LogP contribution >= 0.6 is 11.6 Å². The third-order valence-corrected chi connectivity index (χ3v) is 8.36. The third-order valence-electron chi connectivity index (χ3n) is 8.05. The van der Waals surface area contributed by atoms with Crippen molar-refractivity contribution in [2.45, 2.75) is 94.7 Å². The second kappa shape index (κ2) is 12.9. The van der Waals surface area contributed by atoms with Crippen molar-refractivity contribution in [1.29, 1.82) is 5.26 Å². The molecule has 2 N–H and O–H groups in total. The summed E-state index contributed by atoms with van der Waals surface area (Å²) in [6.07, 6.45) is 9.10. The molecule has 39 heavy (non-hydrogen) atoms. The van der Waals surface area contributed by atoms with Crippen molar-refractivity contribution in [2.24, 2.45) is 0 Å². The number of carbonyl (C=O) groups excluding carboxylic acids is 1. The quantitative estimate of drug-likeness (QED) is 0.517. The molecule has 1 saturated heterocycles. The second-order valence-corrected chi connectivity index (χ2v) is 11.3. The van der Waals surface area contributed by atoms with E-state index in [2.05, 4.69) is 20.4 Å². The highest BCUT2D eigenvalue weighted by Gasteiger charge is 2.27. The lowest BCUT2D eigenvalue weighted by atomic mass is 9.93. The molecule has 1 aromatic carbocycles. The summed E-state index contributed by atoms with van der Waals surface area (Å²) in [6, 6.07) is 10.8. The van der Waals surface area contributed by atoms with Crippen LogP contribution in [0.1, 0.15) is 80.3 Å². The minimum Gasteiger partial charge on any atom is -0.490 e. The topological polar surface area (TPSA) is 121 Å². The number of ether oxygens (including phenoxy) is 2. The average Bonchev–Trinajstić information content (AvgIpc) is 2.96. The highest BCUT2D eigenvalue weighted by atomic mass is 35.5. The van der Waals surface area contributed by atoms with Crippen LogP contribution < -0.4 is 15.0 Å². The number of anilines is 1. The molecule has 5 rings (SSSR count). The number of benzene rings is 1. The van der Waals surface area contributed by atoms with E-state index < -0.39 is 0 Å². The Morgan fingerprint density at radius 3 is 2.28 bits per heavy atom. The van der Waals surface area contributed by atoms with Crippen LogP contribution in [0.2, 0.25) is 5.02 Å². The number of nitriles is 1. The lowest BCUT2D eigenvalue weighted by molar-refractivity contribution is -0.0556. The zero-order chi connectivity index (χ0) is 27.2. The lowest BCUT2D eigenvalue weighted by Gasteiger charge is -2.35. The molecular formula is C29H36ClN5O4. The molecule has 2 saturated carbocycles. The Bertz CT molecular complexity index is 1150. The smallest absolute Gasteiger partial charge is 0.272 e. The number of rotatable bonds is 7. The molecule has 1 aromatic heterocycles. The zero-order valence-corrected chi connectivity index (χ0v) is 22.9. The molecule has 1 amide bonds. The van der Waals surface area contributed by atoms with Crippen LogP contribution in [0.25, 0.3) is 0 Å². The Hall–Kier alpha value is -2.93. The van der Waals surface area contributed by atoms with Gasteiger partial charge in [-0.15, -0.1) is 10.2 Å². The van der Waals surface area contributed by atoms with Gasteiger partial charge in [-0.1, -0.05) is 11.6 Å². The molecular weight excluding hydrogens is 518 g/mol. The molecule has 0 bridgehead atoms. The molecule has 9 nitrogen and oxygen atoms in total. The molecule has 3 aliphatic rings. The van der Waals surface area contributed by atoms with Crippen molar-refractivity contribution >= 4 is 23.3 Å². The number of nitrogens with zero attached hydrogens (tertiary/aromatic N) is 4. The Balaban J connectivity index is 1.03. The molecule has 10 heteroatoms. The van der Waals surface area contributed by atoms with Crippen LogP contribution in [0.5, 0.6) is 5.75 Å². The molecule has 0 unspecified atom stereocenters. The van der Waals surface area contributed by atoms with Crippen molar-refractivity contribution < 1.29 is 19.4 Å². The number of piperidine rings is 1. The maximum absolute atomic E-state index is 12.8. The molecule has 0 atom stereocenters. The summed E-state index contributed by atoms with van der Waals surface area (Å²) in [5.74, 6) is 1.23. The SMILES string of the molecule is N#Cc1ccc(OC2CCC(NC(=O)c3ccc(N4CCC(OC5CCC(O)CC5)CC4)nn3)CC2)cc1Cl. The number of aromatic nitrogens is 2. The highest BCUT2D eigenvalue weighted by Crippen LogP contribution is 2.28. The van der Waals surface area contributed by atoms with Crippen molar-refractivity contribution in [3.63, 3.8) is 0 Å². The number of hydrogen-bond acceptors (Lipinski definition) is 8. The fourth-order valence-corrected chi connectivity index (χ4v) is 5.94. The van der Waals surface area contributed by atoms with E-state index in [0.29, 0.717) is 22.0 Å². The summed E-state index contributed by atoms with van der Waals surface area (Å²) in [5.41, 5.74) is 0.750.